The molecule has 96 valence electrons. The van der Waals surface area contributed by atoms with Gasteiger partial charge in [-0.2, -0.15) is 0 Å². The number of nitrogen functional groups attached to an aromatic ring is 1. The van der Waals surface area contributed by atoms with E-state index in [2.05, 4.69) is 35.1 Å². The van der Waals surface area contributed by atoms with Crippen LogP contribution in [0.3, 0.4) is 0 Å². The van der Waals surface area contributed by atoms with Crippen molar-refractivity contribution < 1.29 is 0 Å². The minimum Gasteiger partial charge on any atom is -0.399 e. The molecule has 0 fully saturated rings. The first-order valence-corrected chi connectivity index (χ1v) is 7.13. The number of hydrogen-bond acceptors (Lipinski definition) is 3. The Morgan fingerprint density at radius 2 is 2.11 bits per heavy atom. The summed E-state index contributed by atoms with van der Waals surface area (Å²) in [5.74, 6) is 0.865. The van der Waals surface area contributed by atoms with E-state index in [1.807, 2.05) is 24.3 Å². The van der Waals surface area contributed by atoms with E-state index in [0.29, 0.717) is 0 Å². The molecule has 3 aromatic rings. The van der Waals surface area contributed by atoms with Crippen LogP contribution in [0.15, 0.2) is 47.6 Å². The number of benzene rings is 2. The lowest BCUT2D eigenvalue weighted by Gasteiger charge is -2.00. The molecule has 0 saturated heterocycles. The maximum Gasteiger partial charge on any atom is 0.166 e. The largest absolute Gasteiger partial charge is 0.399 e. The lowest BCUT2D eigenvalue weighted by Crippen LogP contribution is -1.87. The van der Waals surface area contributed by atoms with Crippen LogP contribution in [0, 0.1) is 6.92 Å². The molecule has 0 radical (unpaired) electrons. The van der Waals surface area contributed by atoms with Gasteiger partial charge in [-0.15, -0.1) is 0 Å². The minimum absolute atomic E-state index is 0.804. The van der Waals surface area contributed by atoms with Gasteiger partial charge in [0.05, 0.1) is 11.0 Å². The average molecular weight is 269 g/mol. The predicted molar refractivity (Wildman–Crippen MR) is 81.2 cm³/mol. The molecule has 0 atom stereocenters. The Kier molecular flexibility index (Phi) is 3.17. The van der Waals surface area contributed by atoms with E-state index in [0.717, 1.165) is 27.6 Å². The van der Waals surface area contributed by atoms with Crippen LogP contribution in [-0.2, 0) is 5.75 Å². The molecule has 4 heteroatoms. The zero-order chi connectivity index (χ0) is 13.2. The first-order chi connectivity index (χ1) is 9.20. The zero-order valence-electron chi connectivity index (χ0n) is 10.7. The molecule has 19 heavy (non-hydrogen) atoms. The summed E-state index contributed by atoms with van der Waals surface area (Å²) < 4.78 is 0. The fraction of sp³-hybridized carbons (Fsp3) is 0.133. The fourth-order valence-corrected chi connectivity index (χ4v) is 2.83. The van der Waals surface area contributed by atoms with Gasteiger partial charge in [-0.25, -0.2) is 4.98 Å². The number of H-pyrrole nitrogens is 1. The summed E-state index contributed by atoms with van der Waals surface area (Å²) in [4.78, 5) is 7.91. The third kappa shape index (κ3) is 2.74. The van der Waals surface area contributed by atoms with Crippen molar-refractivity contribution in [3.05, 3.63) is 53.6 Å². The summed E-state index contributed by atoms with van der Waals surface area (Å²) in [5.41, 5.74) is 11.1. The Labute approximate surface area is 116 Å². The number of fused-ring (bicyclic) bond motifs is 1. The third-order valence-corrected chi connectivity index (χ3v) is 3.89. The van der Waals surface area contributed by atoms with Crippen molar-refractivity contribution in [1.82, 2.24) is 9.97 Å². The predicted octanol–water partition coefficient (Wildman–Crippen LogP) is 3.75. The normalized spacial score (nSPS) is 11.0. The van der Waals surface area contributed by atoms with Crippen LogP contribution in [-0.4, -0.2) is 9.97 Å². The molecule has 3 nitrogen and oxygen atoms in total. The van der Waals surface area contributed by atoms with Crippen LogP contribution < -0.4 is 5.73 Å². The summed E-state index contributed by atoms with van der Waals surface area (Å²) >= 11 is 1.69. The van der Waals surface area contributed by atoms with E-state index >= 15 is 0 Å². The summed E-state index contributed by atoms with van der Waals surface area (Å²) in [7, 11) is 0. The Bertz CT molecular complexity index is 718. The molecule has 0 amide bonds. The highest BCUT2D eigenvalue weighted by Crippen LogP contribution is 2.24. The van der Waals surface area contributed by atoms with Gasteiger partial charge in [-0.3, -0.25) is 0 Å². The number of aromatic amines is 1. The number of anilines is 1. The standard InChI is InChI=1S/C15H15N3S/c1-10-5-6-13-14(7-10)18-15(17-13)19-9-11-3-2-4-12(16)8-11/h2-8H,9,16H2,1H3,(H,17,18). The molecule has 0 aliphatic heterocycles. The zero-order valence-corrected chi connectivity index (χ0v) is 11.5. The highest BCUT2D eigenvalue weighted by atomic mass is 32.2. The van der Waals surface area contributed by atoms with Gasteiger partial charge in [-0.05, 0) is 42.3 Å². The number of nitrogens with two attached hydrogens (primary N) is 1. The molecule has 0 saturated carbocycles. The number of nitrogens with one attached hydrogen (secondary N) is 1. The number of aromatic nitrogens is 2. The smallest absolute Gasteiger partial charge is 0.166 e. The first-order valence-electron chi connectivity index (χ1n) is 6.14. The van der Waals surface area contributed by atoms with Gasteiger partial charge in [0.15, 0.2) is 5.16 Å². The number of thioether (sulfide) groups is 1. The van der Waals surface area contributed by atoms with Gasteiger partial charge in [0.25, 0.3) is 0 Å². The number of rotatable bonds is 3. The lowest BCUT2D eigenvalue weighted by molar-refractivity contribution is 1.08. The van der Waals surface area contributed by atoms with Crippen LogP contribution >= 0.6 is 11.8 Å². The molecule has 0 bridgehead atoms. The van der Waals surface area contributed by atoms with Crippen LogP contribution in [0.4, 0.5) is 5.69 Å². The number of hydrogen-bond donors (Lipinski definition) is 2. The van der Waals surface area contributed by atoms with Crippen molar-refractivity contribution in [3.63, 3.8) is 0 Å². The van der Waals surface area contributed by atoms with Gasteiger partial charge in [0, 0.05) is 11.4 Å². The highest BCUT2D eigenvalue weighted by molar-refractivity contribution is 7.98. The second kappa shape index (κ2) is 4.97. The molecule has 0 aliphatic carbocycles. The van der Waals surface area contributed by atoms with Crippen molar-refractivity contribution in [2.45, 2.75) is 17.8 Å². The van der Waals surface area contributed by atoms with Crippen molar-refractivity contribution in [2.75, 3.05) is 5.73 Å². The van der Waals surface area contributed by atoms with E-state index in [9.17, 15) is 0 Å². The fourth-order valence-electron chi connectivity index (χ4n) is 2.00. The molecule has 0 spiro atoms. The molecule has 0 aliphatic rings. The topological polar surface area (TPSA) is 54.7 Å². The van der Waals surface area contributed by atoms with E-state index in [4.69, 9.17) is 5.73 Å². The number of aryl methyl sites for hydroxylation is 1. The number of imidazole rings is 1. The molecule has 0 unspecified atom stereocenters. The summed E-state index contributed by atoms with van der Waals surface area (Å²) in [5, 5.41) is 0.947. The highest BCUT2D eigenvalue weighted by Gasteiger charge is 2.04. The van der Waals surface area contributed by atoms with Gasteiger partial charge < -0.3 is 10.7 Å². The van der Waals surface area contributed by atoms with Crippen molar-refractivity contribution in [2.24, 2.45) is 0 Å². The SMILES string of the molecule is Cc1ccc2nc(SCc3cccc(N)c3)[nH]c2c1. The Hall–Kier alpha value is -1.94. The quantitative estimate of drug-likeness (QED) is 0.562. The van der Waals surface area contributed by atoms with Crippen LogP contribution in [0.5, 0.6) is 0 Å². The van der Waals surface area contributed by atoms with Crippen LogP contribution in [0.1, 0.15) is 11.1 Å². The Morgan fingerprint density at radius 3 is 2.95 bits per heavy atom. The lowest BCUT2D eigenvalue weighted by atomic mass is 10.2. The summed E-state index contributed by atoms with van der Waals surface area (Å²) in [6, 6.07) is 14.2. The van der Waals surface area contributed by atoms with E-state index in [1.54, 1.807) is 11.8 Å². The molecule has 2 aromatic carbocycles. The molecule has 1 heterocycles. The minimum atomic E-state index is 0.804. The van der Waals surface area contributed by atoms with Gasteiger partial charge >= 0.3 is 0 Å². The molecular weight excluding hydrogens is 254 g/mol. The maximum atomic E-state index is 5.77. The Morgan fingerprint density at radius 1 is 1.21 bits per heavy atom. The van der Waals surface area contributed by atoms with Crippen molar-refractivity contribution in [1.29, 1.82) is 0 Å². The number of nitrogens with zero attached hydrogens (tertiary/aromatic N) is 1. The van der Waals surface area contributed by atoms with Gasteiger partial charge in [0.2, 0.25) is 0 Å². The molecule has 3 N–H and O–H groups in total. The molecule has 3 rings (SSSR count). The van der Waals surface area contributed by atoms with E-state index < -0.39 is 0 Å². The van der Waals surface area contributed by atoms with Crippen molar-refractivity contribution >= 4 is 28.5 Å². The Balaban J connectivity index is 1.78. The van der Waals surface area contributed by atoms with Gasteiger partial charge in [0.1, 0.15) is 0 Å². The first kappa shape index (κ1) is 12.1. The summed E-state index contributed by atoms with van der Waals surface area (Å²) in [6.45, 7) is 2.08. The maximum absolute atomic E-state index is 5.77. The van der Waals surface area contributed by atoms with Crippen LogP contribution in [0.2, 0.25) is 0 Å². The van der Waals surface area contributed by atoms with Crippen LogP contribution in [0.25, 0.3) is 11.0 Å². The summed E-state index contributed by atoms with van der Waals surface area (Å²) in [6.07, 6.45) is 0. The van der Waals surface area contributed by atoms with Crippen molar-refractivity contribution in [3.8, 4) is 0 Å². The van der Waals surface area contributed by atoms with Gasteiger partial charge in [-0.1, -0.05) is 30.0 Å². The molecule has 1 aromatic heterocycles. The second-order valence-corrected chi connectivity index (χ2v) is 5.56. The third-order valence-electron chi connectivity index (χ3n) is 2.94. The molecular formula is C15H15N3S. The van der Waals surface area contributed by atoms with E-state index in [-0.39, 0.29) is 0 Å². The van der Waals surface area contributed by atoms with E-state index in [1.165, 1.54) is 11.1 Å². The average Bonchev–Trinajstić information content (AvgIpc) is 2.78. The monoisotopic (exact) mass is 269 g/mol. The second-order valence-electron chi connectivity index (χ2n) is 4.60.